The van der Waals surface area contributed by atoms with E-state index in [9.17, 15) is 14.3 Å². The normalized spacial score (nSPS) is 20.7. The van der Waals surface area contributed by atoms with E-state index in [1.807, 2.05) is 29.2 Å². The van der Waals surface area contributed by atoms with Gasteiger partial charge in [0.05, 0.1) is 24.4 Å². The van der Waals surface area contributed by atoms with Crippen LogP contribution in [0.3, 0.4) is 0 Å². The van der Waals surface area contributed by atoms with Crippen LogP contribution in [-0.2, 0) is 4.79 Å². The number of likely N-dealkylation sites (tertiary alicyclic amines) is 1. The summed E-state index contributed by atoms with van der Waals surface area (Å²) >= 11 is 6.06. The van der Waals surface area contributed by atoms with Crippen LogP contribution < -0.4 is 0 Å². The zero-order chi connectivity index (χ0) is 23.4. The second kappa shape index (κ2) is 10.4. The number of hydrogen-bond acceptors (Lipinski definition) is 4. The molecule has 0 saturated carbocycles. The number of piperidine rings is 1. The summed E-state index contributed by atoms with van der Waals surface area (Å²) in [6.07, 6.45) is 4.76. The van der Waals surface area contributed by atoms with Gasteiger partial charge < -0.3 is 10.0 Å². The molecule has 1 aromatic heterocycles. The van der Waals surface area contributed by atoms with Gasteiger partial charge >= 0.3 is 0 Å². The predicted molar refractivity (Wildman–Crippen MR) is 125 cm³/mol. The average Bonchev–Trinajstić information content (AvgIpc) is 3.30. The van der Waals surface area contributed by atoms with Crippen molar-refractivity contribution in [3.63, 3.8) is 0 Å². The summed E-state index contributed by atoms with van der Waals surface area (Å²) in [7, 11) is 0. The number of amides is 1. The molecule has 1 amide bonds. The van der Waals surface area contributed by atoms with Crippen LogP contribution in [0.1, 0.15) is 56.7 Å². The van der Waals surface area contributed by atoms with Gasteiger partial charge in [-0.05, 0) is 48.4 Å². The number of halogens is 2. The van der Waals surface area contributed by atoms with E-state index < -0.39 is 12.1 Å². The molecule has 6 nitrogen and oxygen atoms in total. The standard InChI is InChI=1S/C25H28ClFN4O2/c1-2-3-4-5-25(33)30-16-23(24(32)14-22(30)18-6-10-19(26)11-7-18)31-15-21(28-29-31)17-8-12-20(27)13-9-17/h6-13,15,22-24,32H,2-5,14,16H2,1H3/t22-,23+,24+/m1/s1. The molecule has 1 aliphatic heterocycles. The van der Waals surface area contributed by atoms with Crippen molar-refractivity contribution in [1.29, 1.82) is 0 Å². The van der Waals surface area contributed by atoms with Crippen LogP contribution in [0.2, 0.25) is 5.02 Å². The Labute approximate surface area is 198 Å². The monoisotopic (exact) mass is 470 g/mol. The maximum Gasteiger partial charge on any atom is 0.223 e. The summed E-state index contributed by atoms with van der Waals surface area (Å²) in [6.45, 7) is 2.43. The van der Waals surface area contributed by atoms with Gasteiger partial charge in [-0.3, -0.25) is 4.79 Å². The molecule has 1 N–H and O–H groups in total. The number of nitrogens with zero attached hydrogens (tertiary/aromatic N) is 4. The molecule has 0 radical (unpaired) electrons. The SMILES string of the molecule is CCCCCC(=O)N1C[C@H](n2cc(-c3ccc(F)cc3)nn2)[C@@H](O)C[C@@H]1c1ccc(Cl)cc1. The van der Waals surface area contributed by atoms with Gasteiger partial charge in [0, 0.05) is 30.0 Å². The first-order valence-corrected chi connectivity index (χ1v) is 11.7. The highest BCUT2D eigenvalue weighted by molar-refractivity contribution is 6.30. The first kappa shape index (κ1) is 23.4. The molecule has 3 aromatic rings. The molecule has 1 fully saturated rings. The van der Waals surface area contributed by atoms with Crippen molar-refractivity contribution >= 4 is 17.5 Å². The van der Waals surface area contributed by atoms with Crippen LogP contribution in [0, 0.1) is 5.82 Å². The predicted octanol–water partition coefficient (Wildman–Crippen LogP) is 5.19. The van der Waals surface area contributed by atoms with Crippen LogP contribution >= 0.6 is 11.6 Å². The van der Waals surface area contributed by atoms with Crippen LogP contribution in [-0.4, -0.2) is 43.6 Å². The Balaban J connectivity index is 1.58. The number of aliphatic hydroxyl groups is 1. The van der Waals surface area contributed by atoms with E-state index in [0.717, 1.165) is 30.4 Å². The maximum absolute atomic E-state index is 13.3. The quantitative estimate of drug-likeness (QED) is 0.482. The van der Waals surface area contributed by atoms with Gasteiger partial charge in [-0.25, -0.2) is 9.07 Å². The molecule has 2 aromatic carbocycles. The molecule has 174 valence electrons. The Bertz CT molecular complexity index is 1070. The Hall–Kier alpha value is -2.77. The molecule has 1 aliphatic rings. The topological polar surface area (TPSA) is 71.2 Å². The third-order valence-corrected chi connectivity index (χ3v) is 6.48. The minimum Gasteiger partial charge on any atom is -0.391 e. The second-order valence-electron chi connectivity index (χ2n) is 8.53. The van der Waals surface area contributed by atoms with Gasteiger partial charge in [0.1, 0.15) is 11.5 Å². The Morgan fingerprint density at radius 2 is 1.88 bits per heavy atom. The van der Waals surface area contributed by atoms with Crippen molar-refractivity contribution < 1.29 is 14.3 Å². The lowest BCUT2D eigenvalue weighted by Crippen LogP contribution is -2.48. The van der Waals surface area contributed by atoms with Crippen molar-refractivity contribution in [2.45, 2.75) is 57.2 Å². The molecule has 33 heavy (non-hydrogen) atoms. The van der Waals surface area contributed by atoms with E-state index in [1.54, 1.807) is 23.0 Å². The third-order valence-electron chi connectivity index (χ3n) is 6.23. The number of aromatic nitrogens is 3. The van der Waals surface area contributed by atoms with Crippen molar-refractivity contribution in [2.24, 2.45) is 0 Å². The van der Waals surface area contributed by atoms with Crippen LogP contribution in [0.5, 0.6) is 0 Å². The minimum atomic E-state index is -0.715. The molecule has 0 unspecified atom stereocenters. The maximum atomic E-state index is 13.3. The number of carbonyl (C=O) groups is 1. The van der Waals surface area contributed by atoms with E-state index in [1.165, 1.54) is 12.1 Å². The summed E-state index contributed by atoms with van der Waals surface area (Å²) in [5.41, 5.74) is 2.27. The second-order valence-corrected chi connectivity index (χ2v) is 8.97. The lowest BCUT2D eigenvalue weighted by atomic mass is 9.90. The zero-order valence-electron chi connectivity index (χ0n) is 18.6. The molecule has 3 atom stereocenters. The highest BCUT2D eigenvalue weighted by Crippen LogP contribution is 2.37. The van der Waals surface area contributed by atoms with Crippen molar-refractivity contribution in [1.82, 2.24) is 19.9 Å². The highest BCUT2D eigenvalue weighted by Gasteiger charge is 2.39. The smallest absolute Gasteiger partial charge is 0.223 e. The lowest BCUT2D eigenvalue weighted by Gasteiger charge is -2.42. The van der Waals surface area contributed by atoms with Crippen LogP contribution in [0.15, 0.2) is 54.7 Å². The fourth-order valence-electron chi connectivity index (χ4n) is 4.36. The highest BCUT2D eigenvalue weighted by atomic mass is 35.5. The van der Waals surface area contributed by atoms with E-state index in [2.05, 4.69) is 17.2 Å². The average molecular weight is 471 g/mol. The molecule has 1 saturated heterocycles. The van der Waals surface area contributed by atoms with Gasteiger partial charge in [0.25, 0.3) is 0 Å². The summed E-state index contributed by atoms with van der Waals surface area (Å²) < 4.78 is 14.9. The molecule has 2 heterocycles. The number of unbranched alkanes of at least 4 members (excludes halogenated alkanes) is 2. The van der Waals surface area contributed by atoms with Crippen molar-refractivity contribution in [3.05, 3.63) is 71.1 Å². The Morgan fingerprint density at radius 1 is 1.15 bits per heavy atom. The summed E-state index contributed by atoms with van der Waals surface area (Å²) in [5, 5.41) is 20.1. The summed E-state index contributed by atoms with van der Waals surface area (Å²) in [6, 6.07) is 12.8. The fraction of sp³-hybridized carbons (Fsp3) is 0.400. The van der Waals surface area contributed by atoms with Crippen molar-refractivity contribution in [3.8, 4) is 11.3 Å². The fourth-order valence-corrected chi connectivity index (χ4v) is 4.49. The summed E-state index contributed by atoms with van der Waals surface area (Å²) in [4.78, 5) is 15.1. The molecule has 0 aliphatic carbocycles. The zero-order valence-corrected chi connectivity index (χ0v) is 19.3. The van der Waals surface area contributed by atoms with Gasteiger partial charge in [-0.15, -0.1) is 5.10 Å². The molecule has 0 spiro atoms. The number of hydrogen-bond donors (Lipinski definition) is 1. The minimum absolute atomic E-state index is 0.0687. The van der Waals surface area contributed by atoms with Crippen LogP contribution in [0.25, 0.3) is 11.3 Å². The van der Waals surface area contributed by atoms with E-state index in [4.69, 9.17) is 11.6 Å². The molecular formula is C25H28ClFN4O2. The number of benzene rings is 2. The largest absolute Gasteiger partial charge is 0.391 e. The first-order chi connectivity index (χ1) is 16.0. The van der Waals surface area contributed by atoms with Gasteiger partial charge in [-0.2, -0.15) is 0 Å². The van der Waals surface area contributed by atoms with Gasteiger partial charge in [-0.1, -0.05) is 48.7 Å². The molecular weight excluding hydrogens is 443 g/mol. The van der Waals surface area contributed by atoms with Crippen LogP contribution in [0.4, 0.5) is 4.39 Å². The summed E-state index contributed by atoms with van der Waals surface area (Å²) in [5.74, 6) is -0.251. The number of rotatable bonds is 7. The Kier molecular flexibility index (Phi) is 7.40. The number of carbonyl (C=O) groups excluding carboxylic acids is 1. The van der Waals surface area contributed by atoms with Crippen molar-refractivity contribution in [2.75, 3.05) is 6.54 Å². The molecule has 4 rings (SSSR count). The molecule has 8 heteroatoms. The van der Waals surface area contributed by atoms with E-state index in [0.29, 0.717) is 30.1 Å². The number of aliphatic hydroxyl groups excluding tert-OH is 1. The van der Waals surface area contributed by atoms with E-state index in [-0.39, 0.29) is 17.8 Å². The first-order valence-electron chi connectivity index (χ1n) is 11.4. The molecule has 0 bridgehead atoms. The Morgan fingerprint density at radius 3 is 2.58 bits per heavy atom. The lowest BCUT2D eigenvalue weighted by molar-refractivity contribution is -0.139. The third kappa shape index (κ3) is 5.42. The van der Waals surface area contributed by atoms with E-state index >= 15 is 0 Å². The van der Waals surface area contributed by atoms with Gasteiger partial charge in [0.15, 0.2) is 0 Å². The van der Waals surface area contributed by atoms with Gasteiger partial charge in [0.2, 0.25) is 5.91 Å².